The Morgan fingerprint density at radius 1 is 1.04 bits per heavy atom. The monoisotopic (exact) mass is 332 g/mol. The third-order valence-corrected chi connectivity index (χ3v) is 4.35. The third kappa shape index (κ3) is 3.98. The third-order valence-electron chi connectivity index (χ3n) is 4.35. The Bertz CT molecular complexity index is 600. The van der Waals surface area contributed by atoms with Crippen molar-refractivity contribution in [1.29, 1.82) is 0 Å². The topological polar surface area (TPSA) is 24.5 Å². The normalized spacial score (nSPS) is 18.9. The van der Waals surface area contributed by atoms with Gasteiger partial charge in [0.15, 0.2) is 0 Å². The first kappa shape index (κ1) is 17.0. The zero-order valence-corrected chi connectivity index (χ0v) is 13.7. The van der Waals surface area contributed by atoms with Crippen molar-refractivity contribution in [1.82, 2.24) is 10.2 Å². The number of nitrogens with zero attached hydrogens (tertiary/aromatic N) is 1. The highest BCUT2D eigenvalue weighted by Crippen LogP contribution is 2.29. The van der Waals surface area contributed by atoms with Crippen molar-refractivity contribution < 1.29 is 13.5 Å². The summed E-state index contributed by atoms with van der Waals surface area (Å²) in [6.07, 6.45) is -0.450. The number of hydrogen-bond donors (Lipinski definition) is 1. The molecule has 1 N–H and O–H groups in total. The summed E-state index contributed by atoms with van der Waals surface area (Å²) in [6.45, 7) is 5.58. The van der Waals surface area contributed by atoms with Crippen LogP contribution in [0.1, 0.15) is 24.2 Å². The van der Waals surface area contributed by atoms with Gasteiger partial charge in [-0.25, -0.2) is 8.78 Å². The van der Waals surface area contributed by atoms with E-state index in [1.54, 1.807) is 24.3 Å². The molecular weight excluding hydrogens is 310 g/mol. The highest BCUT2D eigenvalue weighted by molar-refractivity contribution is 5.30. The number of halogens is 2. The predicted molar refractivity (Wildman–Crippen MR) is 89.6 cm³/mol. The SMILES string of the molecule is CCN1CCNCC1OC(c1ccc(F)cc1)c1ccc(F)cc1. The van der Waals surface area contributed by atoms with Gasteiger partial charge < -0.3 is 10.1 Å². The summed E-state index contributed by atoms with van der Waals surface area (Å²) in [5.74, 6) is -0.572. The number of likely N-dealkylation sites (N-methyl/N-ethyl adjacent to an activating group) is 1. The van der Waals surface area contributed by atoms with Crippen LogP contribution in [0.2, 0.25) is 0 Å². The van der Waals surface area contributed by atoms with Gasteiger partial charge in [-0.1, -0.05) is 31.2 Å². The number of ether oxygens (including phenoxy) is 1. The Balaban J connectivity index is 1.89. The van der Waals surface area contributed by atoms with E-state index in [4.69, 9.17) is 4.74 Å². The molecule has 1 aliphatic heterocycles. The molecule has 3 rings (SSSR count). The van der Waals surface area contributed by atoms with Crippen LogP contribution in [0.15, 0.2) is 48.5 Å². The van der Waals surface area contributed by atoms with Crippen molar-refractivity contribution >= 4 is 0 Å². The predicted octanol–water partition coefficient (Wildman–Crippen LogP) is 3.32. The first-order valence-electron chi connectivity index (χ1n) is 8.28. The lowest BCUT2D eigenvalue weighted by atomic mass is 10.0. The molecule has 1 aliphatic rings. The first-order chi connectivity index (χ1) is 11.7. The summed E-state index contributed by atoms with van der Waals surface area (Å²) in [7, 11) is 0. The maximum absolute atomic E-state index is 13.3. The van der Waals surface area contributed by atoms with Crippen LogP contribution in [0.3, 0.4) is 0 Å². The molecule has 3 nitrogen and oxygen atoms in total. The van der Waals surface area contributed by atoms with Gasteiger partial charge in [0.1, 0.15) is 24.0 Å². The fourth-order valence-electron chi connectivity index (χ4n) is 3.00. The smallest absolute Gasteiger partial charge is 0.124 e. The summed E-state index contributed by atoms with van der Waals surface area (Å²) >= 11 is 0. The molecule has 2 aromatic rings. The molecule has 2 aromatic carbocycles. The van der Waals surface area contributed by atoms with Gasteiger partial charge in [-0.05, 0) is 41.9 Å². The van der Waals surface area contributed by atoms with Gasteiger partial charge in [-0.15, -0.1) is 0 Å². The van der Waals surface area contributed by atoms with E-state index in [0.717, 1.165) is 37.3 Å². The van der Waals surface area contributed by atoms with Crippen molar-refractivity contribution in [3.63, 3.8) is 0 Å². The number of rotatable bonds is 5. The molecule has 24 heavy (non-hydrogen) atoms. The summed E-state index contributed by atoms with van der Waals surface area (Å²) in [5, 5.41) is 3.34. The van der Waals surface area contributed by atoms with E-state index in [1.807, 2.05) is 0 Å². The van der Waals surface area contributed by atoms with Gasteiger partial charge in [-0.3, -0.25) is 4.90 Å². The van der Waals surface area contributed by atoms with E-state index in [2.05, 4.69) is 17.1 Å². The molecule has 0 aliphatic carbocycles. The van der Waals surface area contributed by atoms with Crippen LogP contribution in [-0.4, -0.2) is 37.3 Å². The fraction of sp³-hybridized carbons (Fsp3) is 0.368. The Hall–Kier alpha value is -1.82. The molecule has 1 unspecified atom stereocenters. The molecule has 0 spiro atoms. The van der Waals surface area contributed by atoms with Crippen LogP contribution >= 0.6 is 0 Å². The summed E-state index contributed by atoms with van der Waals surface area (Å²) in [5.41, 5.74) is 1.70. The standard InChI is InChI=1S/C19H22F2N2O/c1-2-23-12-11-22-13-18(23)24-19(14-3-7-16(20)8-4-14)15-5-9-17(21)10-6-15/h3-10,18-19,22H,2,11-13H2,1H3. The lowest BCUT2D eigenvalue weighted by molar-refractivity contribution is -0.0954. The number of benzene rings is 2. The Morgan fingerprint density at radius 3 is 2.08 bits per heavy atom. The van der Waals surface area contributed by atoms with Crippen LogP contribution in [0.25, 0.3) is 0 Å². The molecular formula is C19H22F2N2O. The van der Waals surface area contributed by atoms with Gasteiger partial charge in [0, 0.05) is 19.6 Å². The van der Waals surface area contributed by atoms with Gasteiger partial charge in [0.05, 0.1) is 0 Å². The molecule has 0 saturated carbocycles. The summed E-state index contributed by atoms with van der Waals surface area (Å²) in [4.78, 5) is 2.26. The highest BCUT2D eigenvalue weighted by atomic mass is 19.1. The fourth-order valence-corrected chi connectivity index (χ4v) is 3.00. The molecule has 0 aromatic heterocycles. The van der Waals surface area contributed by atoms with Gasteiger partial charge in [0.25, 0.3) is 0 Å². The minimum absolute atomic E-state index is 0.0798. The minimum atomic E-state index is -0.370. The van der Waals surface area contributed by atoms with E-state index in [9.17, 15) is 8.78 Å². The molecule has 128 valence electrons. The average Bonchev–Trinajstić information content (AvgIpc) is 2.62. The molecule has 5 heteroatoms. The number of nitrogens with one attached hydrogen (secondary N) is 1. The van der Waals surface area contributed by atoms with Crippen LogP contribution in [0.4, 0.5) is 8.78 Å². The quantitative estimate of drug-likeness (QED) is 0.909. The lowest BCUT2D eigenvalue weighted by Gasteiger charge is -2.37. The number of piperazine rings is 1. The van der Waals surface area contributed by atoms with E-state index in [1.165, 1.54) is 24.3 Å². The van der Waals surface area contributed by atoms with Crippen molar-refractivity contribution in [3.05, 3.63) is 71.3 Å². The molecule has 0 amide bonds. The van der Waals surface area contributed by atoms with Crippen molar-refractivity contribution in [2.45, 2.75) is 19.3 Å². The van der Waals surface area contributed by atoms with E-state index < -0.39 is 0 Å². The molecule has 1 fully saturated rings. The zero-order valence-electron chi connectivity index (χ0n) is 13.7. The Labute approximate surface area is 141 Å². The number of hydrogen-bond acceptors (Lipinski definition) is 3. The maximum atomic E-state index is 13.3. The second kappa shape index (κ2) is 7.83. The van der Waals surface area contributed by atoms with E-state index >= 15 is 0 Å². The van der Waals surface area contributed by atoms with Crippen LogP contribution in [-0.2, 0) is 4.74 Å². The highest BCUT2D eigenvalue weighted by Gasteiger charge is 2.26. The van der Waals surface area contributed by atoms with Crippen molar-refractivity contribution in [2.24, 2.45) is 0 Å². The molecule has 1 atom stereocenters. The Kier molecular flexibility index (Phi) is 5.56. The van der Waals surface area contributed by atoms with Gasteiger partial charge in [-0.2, -0.15) is 0 Å². The maximum Gasteiger partial charge on any atom is 0.124 e. The Morgan fingerprint density at radius 2 is 1.58 bits per heavy atom. The average molecular weight is 332 g/mol. The second-order valence-corrected chi connectivity index (χ2v) is 5.91. The van der Waals surface area contributed by atoms with Crippen molar-refractivity contribution in [2.75, 3.05) is 26.2 Å². The van der Waals surface area contributed by atoms with Gasteiger partial charge in [0.2, 0.25) is 0 Å². The van der Waals surface area contributed by atoms with Crippen LogP contribution in [0.5, 0.6) is 0 Å². The van der Waals surface area contributed by atoms with Gasteiger partial charge >= 0.3 is 0 Å². The van der Waals surface area contributed by atoms with E-state index in [0.29, 0.717) is 0 Å². The largest absolute Gasteiger partial charge is 0.349 e. The summed E-state index contributed by atoms with van der Waals surface area (Å²) < 4.78 is 32.9. The van der Waals surface area contributed by atoms with Crippen LogP contribution in [0, 0.1) is 11.6 Å². The molecule has 1 saturated heterocycles. The first-order valence-corrected chi connectivity index (χ1v) is 8.28. The minimum Gasteiger partial charge on any atom is -0.349 e. The lowest BCUT2D eigenvalue weighted by Crippen LogP contribution is -2.52. The van der Waals surface area contributed by atoms with Crippen LogP contribution < -0.4 is 5.32 Å². The molecule has 1 heterocycles. The zero-order chi connectivity index (χ0) is 16.9. The summed E-state index contributed by atoms with van der Waals surface area (Å²) in [6, 6.07) is 12.6. The van der Waals surface area contributed by atoms with Crippen molar-refractivity contribution in [3.8, 4) is 0 Å². The second-order valence-electron chi connectivity index (χ2n) is 5.91. The molecule has 0 radical (unpaired) electrons. The van der Waals surface area contributed by atoms with E-state index in [-0.39, 0.29) is 24.0 Å². The molecule has 0 bridgehead atoms.